The second-order valence-electron chi connectivity index (χ2n) is 5.90. The summed E-state index contributed by atoms with van der Waals surface area (Å²) in [4.78, 5) is 25.6. The molecule has 0 saturated heterocycles. The highest BCUT2D eigenvalue weighted by Gasteiger charge is 2.46. The molecule has 9 heteroatoms. The predicted octanol–water partition coefficient (Wildman–Crippen LogP) is 2.89. The van der Waals surface area contributed by atoms with Gasteiger partial charge in [-0.05, 0) is 24.3 Å². The van der Waals surface area contributed by atoms with E-state index in [9.17, 15) is 22.8 Å². The molecule has 140 valence electrons. The first-order chi connectivity index (χ1) is 11.8. The van der Waals surface area contributed by atoms with Gasteiger partial charge in [-0.25, -0.2) is 0 Å². The van der Waals surface area contributed by atoms with Crippen molar-refractivity contribution in [1.82, 2.24) is 10.2 Å². The molecule has 1 N–H and O–H groups in total. The fourth-order valence-electron chi connectivity index (χ4n) is 2.92. The van der Waals surface area contributed by atoms with E-state index in [0.717, 1.165) is 37.0 Å². The summed E-state index contributed by atoms with van der Waals surface area (Å²) < 4.78 is 43.9. The summed E-state index contributed by atoms with van der Waals surface area (Å²) in [6.07, 6.45) is -1.51. The first-order valence-electron chi connectivity index (χ1n) is 8.05. The lowest BCUT2D eigenvalue weighted by molar-refractivity contribution is -0.189. The van der Waals surface area contributed by atoms with E-state index in [1.54, 1.807) is 17.5 Å². The average Bonchev–Trinajstić information content (AvgIpc) is 3.23. The van der Waals surface area contributed by atoms with E-state index in [4.69, 9.17) is 4.74 Å². The number of ether oxygens (including phenoxy) is 1. The Hall–Kier alpha value is -1.61. The zero-order valence-electron chi connectivity index (χ0n) is 13.8. The van der Waals surface area contributed by atoms with Crippen molar-refractivity contribution < 1.29 is 27.5 Å². The van der Waals surface area contributed by atoms with Gasteiger partial charge < -0.3 is 15.0 Å². The second kappa shape index (κ2) is 8.66. The highest BCUT2D eigenvalue weighted by molar-refractivity contribution is 7.10. The summed E-state index contributed by atoms with van der Waals surface area (Å²) in [6.45, 7) is -0.421. The minimum absolute atomic E-state index is 0.0553. The number of nitrogens with zero attached hydrogens (tertiary/aromatic N) is 1. The van der Waals surface area contributed by atoms with Crippen LogP contribution in [0.25, 0.3) is 0 Å². The van der Waals surface area contributed by atoms with Crippen LogP contribution in [0.3, 0.4) is 0 Å². The molecule has 0 bridgehead atoms. The van der Waals surface area contributed by atoms with E-state index >= 15 is 0 Å². The Balaban J connectivity index is 2.29. The Kier molecular flexibility index (Phi) is 6.83. The molecule has 1 aliphatic carbocycles. The highest BCUT2D eigenvalue weighted by Crippen LogP contribution is 2.30. The third kappa shape index (κ3) is 5.18. The van der Waals surface area contributed by atoms with Crippen molar-refractivity contribution in [1.29, 1.82) is 0 Å². The van der Waals surface area contributed by atoms with Crippen LogP contribution in [0.15, 0.2) is 17.5 Å². The van der Waals surface area contributed by atoms with E-state index in [-0.39, 0.29) is 19.2 Å². The number of carbonyl (C=O) groups is 2. The molecule has 1 aliphatic rings. The minimum atomic E-state index is -5.06. The normalized spacial score (nSPS) is 16.6. The van der Waals surface area contributed by atoms with Gasteiger partial charge in [0.2, 0.25) is 5.91 Å². The van der Waals surface area contributed by atoms with Crippen molar-refractivity contribution in [3.05, 3.63) is 22.4 Å². The molecule has 0 aliphatic heterocycles. The van der Waals surface area contributed by atoms with Crippen molar-refractivity contribution in [2.75, 3.05) is 20.3 Å². The van der Waals surface area contributed by atoms with Gasteiger partial charge in [0.25, 0.3) is 0 Å². The molecule has 1 saturated carbocycles. The molecule has 0 unspecified atom stereocenters. The SMILES string of the molecule is COCCN(C(=O)C(F)(F)F)[C@H](C(=O)NC1CCCC1)c1cccs1. The zero-order valence-corrected chi connectivity index (χ0v) is 14.7. The van der Waals surface area contributed by atoms with Gasteiger partial charge in [0.05, 0.1) is 6.61 Å². The molecule has 1 fully saturated rings. The lowest BCUT2D eigenvalue weighted by atomic mass is 10.1. The van der Waals surface area contributed by atoms with Crippen LogP contribution in [0, 0.1) is 0 Å². The Bertz CT molecular complexity index is 572. The maximum atomic E-state index is 13.0. The van der Waals surface area contributed by atoms with Crippen molar-refractivity contribution in [2.24, 2.45) is 0 Å². The molecule has 0 spiro atoms. The first-order valence-corrected chi connectivity index (χ1v) is 8.93. The van der Waals surface area contributed by atoms with Crippen molar-refractivity contribution in [3.63, 3.8) is 0 Å². The summed E-state index contributed by atoms with van der Waals surface area (Å²) in [6, 6.07) is 1.83. The van der Waals surface area contributed by atoms with Gasteiger partial charge in [0, 0.05) is 24.6 Å². The van der Waals surface area contributed by atoms with Gasteiger partial charge >= 0.3 is 12.1 Å². The Morgan fingerprint density at radius 3 is 2.60 bits per heavy atom. The monoisotopic (exact) mass is 378 g/mol. The summed E-state index contributed by atoms with van der Waals surface area (Å²) in [5.74, 6) is -2.62. The lowest BCUT2D eigenvalue weighted by Gasteiger charge is -2.31. The molecule has 0 radical (unpaired) electrons. The second-order valence-corrected chi connectivity index (χ2v) is 6.88. The first kappa shape index (κ1) is 19.7. The number of methoxy groups -OCH3 is 1. The van der Waals surface area contributed by atoms with E-state index in [0.29, 0.717) is 9.78 Å². The number of carbonyl (C=O) groups excluding carboxylic acids is 2. The van der Waals surface area contributed by atoms with Crippen LogP contribution in [-0.2, 0) is 14.3 Å². The van der Waals surface area contributed by atoms with Crippen LogP contribution in [0.4, 0.5) is 13.2 Å². The van der Waals surface area contributed by atoms with E-state index in [1.807, 2.05) is 0 Å². The zero-order chi connectivity index (χ0) is 18.4. The van der Waals surface area contributed by atoms with Crippen LogP contribution in [0.1, 0.15) is 36.6 Å². The molecule has 1 aromatic heterocycles. The van der Waals surface area contributed by atoms with Gasteiger partial charge in [-0.3, -0.25) is 9.59 Å². The third-order valence-corrected chi connectivity index (χ3v) is 5.04. The molecule has 2 amide bonds. The summed E-state index contributed by atoms with van der Waals surface area (Å²) in [5.41, 5.74) is 0. The van der Waals surface area contributed by atoms with Crippen LogP contribution >= 0.6 is 11.3 Å². The lowest BCUT2D eigenvalue weighted by Crippen LogP contribution is -2.50. The Morgan fingerprint density at radius 2 is 2.08 bits per heavy atom. The molecule has 25 heavy (non-hydrogen) atoms. The largest absolute Gasteiger partial charge is 0.471 e. The van der Waals surface area contributed by atoms with Crippen molar-refractivity contribution in [2.45, 2.75) is 43.9 Å². The van der Waals surface area contributed by atoms with Gasteiger partial charge in [0.15, 0.2) is 0 Å². The summed E-state index contributed by atoms with van der Waals surface area (Å²) >= 11 is 1.14. The fourth-order valence-corrected chi connectivity index (χ4v) is 3.76. The van der Waals surface area contributed by atoms with Gasteiger partial charge in [-0.15, -0.1) is 11.3 Å². The number of rotatable bonds is 7. The fraction of sp³-hybridized carbons (Fsp3) is 0.625. The van der Waals surface area contributed by atoms with Crippen molar-refractivity contribution >= 4 is 23.2 Å². The van der Waals surface area contributed by atoms with Crippen LogP contribution in [0.2, 0.25) is 0 Å². The number of halogens is 3. The number of thiophene rings is 1. The quantitative estimate of drug-likeness (QED) is 0.794. The maximum Gasteiger partial charge on any atom is 0.471 e. The van der Waals surface area contributed by atoms with Crippen LogP contribution in [0.5, 0.6) is 0 Å². The topological polar surface area (TPSA) is 58.6 Å². The summed E-state index contributed by atoms with van der Waals surface area (Å²) in [5, 5.41) is 4.46. The number of nitrogens with one attached hydrogen (secondary N) is 1. The van der Waals surface area contributed by atoms with Crippen LogP contribution in [-0.4, -0.2) is 49.2 Å². The molecular formula is C16H21F3N2O3S. The average molecular weight is 378 g/mol. The van der Waals surface area contributed by atoms with E-state index in [1.165, 1.54) is 7.11 Å². The number of hydrogen-bond donors (Lipinski definition) is 1. The Morgan fingerprint density at radius 1 is 1.40 bits per heavy atom. The number of amides is 2. The van der Waals surface area contributed by atoms with E-state index in [2.05, 4.69) is 5.32 Å². The standard InChI is InChI=1S/C16H21F3N2O3S/c1-24-9-8-21(15(23)16(17,18)19)13(12-7-4-10-25-12)14(22)20-11-5-2-3-6-11/h4,7,10-11,13H,2-3,5-6,8-9H2,1H3,(H,20,22)/t13-/m0/s1. The minimum Gasteiger partial charge on any atom is -0.383 e. The maximum absolute atomic E-state index is 13.0. The molecule has 1 atom stereocenters. The molecular weight excluding hydrogens is 357 g/mol. The third-order valence-electron chi connectivity index (χ3n) is 4.11. The van der Waals surface area contributed by atoms with E-state index < -0.39 is 24.0 Å². The van der Waals surface area contributed by atoms with Crippen molar-refractivity contribution in [3.8, 4) is 0 Å². The molecule has 5 nitrogen and oxygen atoms in total. The number of hydrogen-bond acceptors (Lipinski definition) is 4. The molecule has 2 rings (SSSR count). The Labute approximate surface area is 148 Å². The molecule has 1 heterocycles. The smallest absolute Gasteiger partial charge is 0.383 e. The molecule has 1 aromatic rings. The molecule has 0 aromatic carbocycles. The van der Waals surface area contributed by atoms with Gasteiger partial charge in [0.1, 0.15) is 6.04 Å². The predicted molar refractivity (Wildman–Crippen MR) is 87.1 cm³/mol. The highest BCUT2D eigenvalue weighted by atomic mass is 32.1. The number of alkyl halides is 3. The summed E-state index contributed by atoms with van der Waals surface area (Å²) in [7, 11) is 1.33. The van der Waals surface area contributed by atoms with Gasteiger partial charge in [-0.1, -0.05) is 18.9 Å². The van der Waals surface area contributed by atoms with Crippen LogP contribution < -0.4 is 5.32 Å². The van der Waals surface area contributed by atoms with Gasteiger partial charge in [-0.2, -0.15) is 13.2 Å².